The highest BCUT2D eigenvalue weighted by atomic mass is 32.1. The monoisotopic (exact) mass is 251 g/mol. The SMILES string of the molecule is O=C(Nc1nc2c(s1)CCC2)[C@@H]1CCCCN1. The highest BCUT2D eigenvalue weighted by molar-refractivity contribution is 7.15. The minimum Gasteiger partial charge on any atom is -0.306 e. The molecule has 1 aliphatic heterocycles. The van der Waals surface area contributed by atoms with Gasteiger partial charge in [0, 0.05) is 4.88 Å². The first kappa shape index (κ1) is 11.2. The number of nitrogens with zero attached hydrogens (tertiary/aromatic N) is 1. The van der Waals surface area contributed by atoms with E-state index in [-0.39, 0.29) is 11.9 Å². The predicted octanol–water partition coefficient (Wildman–Crippen LogP) is 1.71. The van der Waals surface area contributed by atoms with E-state index < -0.39 is 0 Å². The van der Waals surface area contributed by atoms with Crippen molar-refractivity contribution < 1.29 is 4.79 Å². The summed E-state index contributed by atoms with van der Waals surface area (Å²) in [5, 5.41) is 6.98. The van der Waals surface area contributed by atoms with Crippen molar-refractivity contribution in [3.8, 4) is 0 Å². The van der Waals surface area contributed by atoms with E-state index in [0.29, 0.717) is 0 Å². The van der Waals surface area contributed by atoms with Gasteiger partial charge in [-0.15, -0.1) is 11.3 Å². The highest BCUT2D eigenvalue weighted by Gasteiger charge is 2.23. The average molecular weight is 251 g/mol. The molecule has 0 bridgehead atoms. The summed E-state index contributed by atoms with van der Waals surface area (Å²) in [7, 11) is 0. The number of fused-ring (bicyclic) bond motifs is 1. The average Bonchev–Trinajstić information content (AvgIpc) is 2.90. The minimum absolute atomic E-state index is 0.0255. The lowest BCUT2D eigenvalue weighted by molar-refractivity contribution is -0.118. The lowest BCUT2D eigenvalue weighted by Gasteiger charge is -2.21. The number of aromatic nitrogens is 1. The van der Waals surface area contributed by atoms with Crippen LogP contribution in [0.25, 0.3) is 0 Å². The van der Waals surface area contributed by atoms with Gasteiger partial charge in [-0.3, -0.25) is 4.79 Å². The summed E-state index contributed by atoms with van der Waals surface area (Å²) >= 11 is 1.64. The molecule has 1 aliphatic carbocycles. The van der Waals surface area contributed by atoms with Crippen LogP contribution >= 0.6 is 11.3 Å². The number of rotatable bonds is 2. The maximum atomic E-state index is 12.0. The molecule has 2 aliphatic rings. The topological polar surface area (TPSA) is 54.0 Å². The molecule has 0 saturated carbocycles. The van der Waals surface area contributed by atoms with Gasteiger partial charge in [0.2, 0.25) is 5.91 Å². The molecule has 1 aromatic heterocycles. The molecule has 0 radical (unpaired) electrons. The molecule has 2 heterocycles. The molecule has 0 spiro atoms. The number of carbonyl (C=O) groups is 1. The van der Waals surface area contributed by atoms with E-state index in [1.807, 2.05) is 0 Å². The van der Waals surface area contributed by atoms with Crippen LogP contribution in [-0.4, -0.2) is 23.5 Å². The smallest absolute Gasteiger partial charge is 0.243 e. The quantitative estimate of drug-likeness (QED) is 0.841. The molecule has 4 nitrogen and oxygen atoms in total. The van der Waals surface area contributed by atoms with Crippen LogP contribution in [0, 0.1) is 0 Å². The van der Waals surface area contributed by atoms with Crippen LogP contribution < -0.4 is 10.6 Å². The third-order valence-electron chi connectivity index (χ3n) is 3.45. The zero-order valence-corrected chi connectivity index (χ0v) is 10.6. The fourth-order valence-electron chi connectivity index (χ4n) is 2.51. The number of amides is 1. The molecule has 92 valence electrons. The van der Waals surface area contributed by atoms with Gasteiger partial charge in [0.1, 0.15) is 0 Å². The van der Waals surface area contributed by atoms with Crippen molar-refractivity contribution in [3.63, 3.8) is 0 Å². The van der Waals surface area contributed by atoms with E-state index in [1.54, 1.807) is 11.3 Å². The second-order valence-electron chi connectivity index (χ2n) is 4.73. The Morgan fingerprint density at radius 2 is 2.29 bits per heavy atom. The van der Waals surface area contributed by atoms with Gasteiger partial charge in [0.25, 0.3) is 0 Å². The molecule has 1 saturated heterocycles. The first-order chi connectivity index (χ1) is 8.33. The normalized spacial score (nSPS) is 23.4. The van der Waals surface area contributed by atoms with Gasteiger partial charge < -0.3 is 10.6 Å². The van der Waals surface area contributed by atoms with E-state index in [4.69, 9.17) is 0 Å². The summed E-state index contributed by atoms with van der Waals surface area (Å²) in [5.74, 6) is 0.0807. The Morgan fingerprint density at radius 3 is 3.06 bits per heavy atom. The van der Waals surface area contributed by atoms with Crippen LogP contribution in [0.2, 0.25) is 0 Å². The van der Waals surface area contributed by atoms with Crippen molar-refractivity contribution in [1.82, 2.24) is 10.3 Å². The third-order valence-corrected chi connectivity index (χ3v) is 4.53. The summed E-state index contributed by atoms with van der Waals surface area (Å²) in [6.45, 7) is 0.951. The molecule has 0 unspecified atom stereocenters. The Labute approximate surface area is 105 Å². The number of nitrogens with one attached hydrogen (secondary N) is 2. The predicted molar refractivity (Wildman–Crippen MR) is 68.4 cm³/mol. The molecule has 5 heteroatoms. The molecule has 1 fully saturated rings. The van der Waals surface area contributed by atoms with Crippen molar-refractivity contribution >= 4 is 22.4 Å². The highest BCUT2D eigenvalue weighted by Crippen LogP contribution is 2.30. The molecule has 2 N–H and O–H groups in total. The number of aryl methyl sites for hydroxylation is 2. The zero-order valence-electron chi connectivity index (χ0n) is 9.79. The molecule has 1 atom stereocenters. The minimum atomic E-state index is -0.0255. The number of anilines is 1. The molecular weight excluding hydrogens is 234 g/mol. The van der Waals surface area contributed by atoms with Gasteiger partial charge in [-0.2, -0.15) is 0 Å². The zero-order chi connectivity index (χ0) is 11.7. The summed E-state index contributed by atoms with van der Waals surface area (Å²) in [6.07, 6.45) is 6.67. The molecule has 1 aromatic rings. The number of hydrogen-bond donors (Lipinski definition) is 2. The van der Waals surface area contributed by atoms with E-state index in [0.717, 1.165) is 37.4 Å². The first-order valence-electron chi connectivity index (χ1n) is 6.36. The maximum absolute atomic E-state index is 12.0. The van der Waals surface area contributed by atoms with E-state index in [1.165, 1.54) is 23.4 Å². The third kappa shape index (κ3) is 2.35. The summed E-state index contributed by atoms with van der Waals surface area (Å²) in [4.78, 5) is 17.8. The van der Waals surface area contributed by atoms with Crippen molar-refractivity contribution in [2.75, 3.05) is 11.9 Å². The Balaban J connectivity index is 1.63. The number of carbonyl (C=O) groups excluding carboxylic acids is 1. The molecule has 0 aromatic carbocycles. The Hall–Kier alpha value is -0.940. The lowest BCUT2D eigenvalue weighted by atomic mass is 10.0. The number of thiazole rings is 1. The van der Waals surface area contributed by atoms with Gasteiger partial charge in [0.15, 0.2) is 5.13 Å². The summed E-state index contributed by atoms with van der Waals surface area (Å²) in [6, 6.07) is -0.0255. The van der Waals surface area contributed by atoms with Gasteiger partial charge in [0.05, 0.1) is 11.7 Å². The van der Waals surface area contributed by atoms with Crippen molar-refractivity contribution in [2.45, 2.75) is 44.6 Å². The van der Waals surface area contributed by atoms with E-state index in [9.17, 15) is 4.79 Å². The Bertz CT molecular complexity index is 402. The van der Waals surface area contributed by atoms with Gasteiger partial charge >= 0.3 is 0 Å². The first-order valence-corrected chi connectivity index (χ1v) is 7.17. The van der Waals surface area contributed by atoms with Crippen LogP contribution in [0.15, 0.2) is 0 Å². The summed E-state index contributed by atoms with van der Waals surface area (Å²) < 4.78 is 0. The van der Waals surface area contributed by atoms with E-state index in [2.05, 4.69) is 15.6 Å². The van der Waals surface area contributed by atoms with Crippen molar-refractivity contribution in [2.24, 2.45) is 0 Å². The molecule has 1 amide bonds. The van der Waals surface area contributed by atoms with Crippen molar-refractivity contribution in [3.05, 3.63) is 10.6 Å². The Kier molecular flexibility index (Phi) is 3.11. The number of piperidine rings is 1. The second-order valence-corrected chi connectivity index (χ2v) is 5.82. The van der Waals surface area contributed by atoms with Crippen LogP contribution in [0.4, 0.5) is 5.13 Å². The largest absolute Gasteiger partial charge is 0.306 e. The number of hydrogen-bond acceptors (Lipinski definition) is 4. The molecule has 3 rings (SSSR count). The molecule has 17 heavy (non-hydrogen) atoms. The lowest BCUT2D eigenvalue weighted by Crippen LogP contribution is -2.43. The fraction of sp³-hybridized carbons (Fsp3) is 0.667. The van der Waals surface area contributed by atoms with E-state index >= 15 is 0 Å². The van der Waals surface area contributed by atoms with Gasteiger partial charge in [-0.25, -0.2) is 4.98 Å². The van der Waals surface area contributed by atoms with Crippen LogP contribution in [0.3, 0.4) is 0 Å². The fourth-order valence-corrected chi connectivity index (χ4v) is 3.56. The Morgan fingerprint density at radius 1 is 1.35 bits per heavy atom. The van der Waals surface area contributed by atoms with Crippen molar-refractivity contribution in [1.29, 1.82) is 0 Å². The molecular formula is C12H17N3OS. The van der Waals surface area contributed by atoms with Gasteiger partial charge in [-0.05, 0) is 38.6 Å². The van der Waals surface area contributed by atoms with Crippen LogP contribution in [0.5, 0.6) is 0 Å². The van der Waals surface area contributed by atoms with Gasteiger partial charge in [-0.1, -0.05) is 6.42 Å². The second kappa shape index (κ2) is 4.74. The van der Waals surface area contributed by atoms with Crippen LogP contribution in [-0.2, 0) is 17.6 Å². The standard InChI is InChI=1S/C12H17N3OS/c16-11(9-4-1-2-7-13-9)15-12-14-8-5-3-6-10(8)17-12/h9,13H,1-7H2,(H,14,15,16)/t9-/m0/s1. The van der Waals surface area contributed by atoms with Crippen LogP contribution in [0.1, 0.15) is 36.3 Å². The maximum Gasteiger partial charge on any atom is 0.243 e. The summed E-state index contributed by atoms with van der Waals surface area (Å²) in [5.41, 5.74) is 1.20.